The molecule has 0 saturated carbocycles. The molecular formula is C27H24O8. The fourth-order valence-corrected chi connectivity index (χ4v) is 3.63. The summed E-state index contributed by atoms with van der Waals surface area (Å²) in [5.74, 6) is -1.85. The highest BCUT2D eigenvalue weighted by Crippen LogP contribution is 2.29. The molecule has 0 N–H and O–H groups in total. The molecule has 1 fully saturated rings. The third kappa shape index (κ3) is 5.92. The molecule has 8 nitrogen and oxygen atoms in total. The Labute approximate surface area is 202 Å². The number of ether oxygens (including phenoxy) is 5. The van der Waals surface area contributed by atoms with E-state index in [-0.39, 0.29) is 6.61 Å². The van der Waals surface area contributed by atoms with Crippen LogP contribution in [0.2, 0.25) is 0 Å². The number of methoxy groups -OCH3 is 1. The lowest BCUT2D eigenvalue weighted by Gasteiger charge is -2.24. The lowest BCUT2D eigenvalue weighted by Crippen LogP contribution is -2.42. The first-order chi connectivity index (χ1) is 17.1. The Morgan fingerprint density at radius 3 is 1.54 bits per heavy atom. The number of esters is 3. The molecule has 1 aliphatic heterocycles. The van der Waals surface area contributed by atoms with Gasteiger partial charge in [-0.2, -0.15) is 0 Å². The van der Waals surface area contributed by atoms with Gasteiger partial charge in [0.25, 0.3) is 0 Å². The summed E-state index contributed by atoms with van der Waals surface area (Å²) in [6.07, 6.45) is -4.17. The average molecular weight is 476 g/mol. The second-order valence-corrected chi connectivity index (χ2v) is 7.72. The fraction of sp³-hybridized carbons (Fsp3) is 0.222. The standard InChI is InChI=1S/C27H24O8/c1-31-27-23(35-26(30)20-15-9-4-10-16-20)22(34-25(29)19-13-7-3-8-14-19)21(33-27)17-32-24(28)18-11-5-2-6-12-18/h2-16,21-23,27H,17H2,1H3/t21-,22?,23?,27+/m1/s1. The van der Waals surface area contributed by atoms with Crippen LogP contribution >= 0.6 is 0 Å². The van der Waals surface area contributed by atoms with Gasteiger partial charge in [-0.3, -0.25) is 0 Å². The summed E-state index contributed by atoms with van der Waals surface area (Å²) in [5, 5.41) is 0. The zero-order valence-electron chi connectivity index (χ0n) is 18.9. The van der Waals surface area contributed by atoms with Crippen LogP contribution in [-0.4, -0.2) is 56.2 Å². The third-order valence-corrected chi connectivity index (χ3v) is 5.39. The second-order valence-electron chi connectivity index (χ2n) is 7.72. The van der Waals surface area contributed by atoms with Gasteiger partial charge in [0.1, 0.15) is 12.7 Å². The highest BCUT2D eigenvalue weighted by molar-refractivity contribution is 5.90. The van der Waals surface area contributed by atoms with Crippen LogP contribution in [0.1, 0.15) is 31.1 Å². The van der Waals surface area contributed by atoms with Crippen molar-refractivity contribution in [3.63, 3.8) is 0 Å². The van der Waals surface area contributed by atoms with Crippen LogP contribution in [-0.2, 0) is 23.7 Å². The quantitative estimate of drug-likeness (QED) is 0.359. The number of carbonyl (C=O) groups excluding carboxylic acids is 3. The fourth-order valence-electron chi connectivity index (χ4n) is 3.63. The van der Waals surface area contributed by atoms with Gasteiger partial charge in [0.2, 0.25) is 0 Å². The molecule has 0 spiro atoms. The van der Waals surface area contributed by atoms with Crippen molar-refractivity contribution in [3.8, 4) is 0 Å². The maximum atomic E-state index is 12.8. The van der Waals surface area contributed by atoms with Crippen LogP contribution in [0.25, 0.3) is 0 Å². The Bertz CT molecular complexity index is 1130. The van der Waals surface area contributed by atoms with Crippen molar-refractivity contribution in [3.05, 3.63) is 108 Å². The normalized spacial score (nSPS) is 21.2. The van der Waals surface area contributed by atoms with E-state index in [1.807, 2.05) is 0 Å². The van der Waals surface area contributed by atoms with E-state index in [4.69, 9.17) is 23.7 Å². The molecule has 1 aliphatic rings. The van der Waals surface area contributed by atoms with Crippen LogP contribution in [0.3, 0.4) is 0 Å². The van der Waals surface area contributed by atoms with Crippen molar-refractivity contribution in [2.45, 2.75) is 24.6 Å². The first-order valence-electron chi connectivity index (χ1n) is 11.0. The van der Waals surface area contributed by atoms with Crippen LogP contribution < -0.4 is 0 Å². The predicted molar refractivity (Wildman–Crippen MR) is 124 cm³/mol. The van der Waals surface area contributed by atoms with Gasteiger partial charge in [0.05, 0.1) is 16.7 Å². The second kappa shape index (κ2) is 11.4. The van der Waals surface area contributed by atoms with Gasteiger partial charge in [0, 0.05) is 7.11 Å². The largest absolute Gasteiger partial charge is 0.459 e. The highest BCUT2D eigenvalue weighted by atomic mass is 16.7. The molecule has 0 bridgehead atoms. The minimum absolute atomic E-state index is 0.250. The molecule has 8 heteroatoms. The zero-order valence-corrected chi connectivity index (χ0v) is 18.9. The van der Waals surface area contributed by atoms with Gasteiger partial charge < -0.3 is 23.7 Å². The lowest BCUT2D eigenvalue weighted by atomic mass is 10.1. The predicted octanol–water partition coefficient (Wildman–Crippen LogP) is 3.67. The molecule has 0 aromatic heterocycles. The Morgan fingerprint density at radius 2 is 1.09 bits per heavy atom. The molecule has 1 saturated heterocycles. The van der Waals surface area contributed by atoms with Gasteiger partial charge in [-0.25, -0.2) is 14.4 Å². The molecule has 1 heterocycles. The number of hydrogen-bond acceptors (Lipinski definition) is 8. The molecule has 0 radical (unpaired) electrons. The summed E-state index contributed by atoms with van der Waals surface area (Å²) in [4.78, 5) is 38.0. The lowest BCUT2D eigenvalue weighted by molar-refractivity contribution is -0.155. The number of rotatable bonds is 8. The molecule has 35 heavy (non-hydrogen) atoms. The molecule has 4 rings (SSSR count). The summed E-state index contributed by atoms with van der Waals surface area (Å²) >= 11 is 0. The summed E-state index contributed by atoms with van der Waals surface area (Å²) in [7, 11) is 1.38. The van der Waals surface area contributed by atoms with E-state index in [0.29, 0.717) is 16.7 Å². The summed E-state index contributed by atoms with van der Waals surface area (Å²) in [5.41, 5.74) is 0.981. The van der Waals surface area contributed by atoms with Gasteiger partial charge in [0.15, 0.2) is 18.5 Å². The summed E-state index contributed by atoms with van der Waals surface area (Å²) in [6, 6.07) is 25.2. The van der Waals surface area contributed by atoms with Crippen molar-refractivity contribution in [1.29, 1.82) is 0 Å². The van der Waals surface area contributed by atoms with Crippen LogP contribution in [0.15, 0.2) is 91.0 Å². The number of benzene rings is 3. The van der Waals surface area contributed by atoms with Crippen LogP contribution in [0, 0.1) is 0 Å². The Kier molecular flexibility index (Phi) is 7.87. The van der Waals surface area contributed by atoms with Gasteiger partial charge >= 0.3 is 17.9 Å². The highest BCUT2D eigenvalue weighted by Gasteiger charge is 2.50. The van der Waals surface area contributed by atoms with Gasteiger partial charge in [-0.05, 0) is 36.4 Å². The smallest absolute Gasteiger partial charge is 0.338 e. The third-order valence-electron chi connectivity index (χ3n) is 5.39. The van der Waals surface area contributed by atoms with E-state index in [0.717, 1.165) is 0 Å². The van der Waals surface area contributed by atoms with E-state index in [1.165, 1.54) is 7.11 Å². The topological polar surface area (TPSA) is 97.4 Å². The minimum Gasteiger partial charge on any atom is -0.459 e. The van der Waals surface area contributed by atoms with E-state index < -0.39 is 42.5 Å². The van der Waals surface area contributed by atoms with Crippen molar-refractivity contribution >= 4 is 17.9 Å². The van der Waals surface area contributed by atoms with E-state index in [2.05, 4.69) is 0 Å². The SMILES string of the molecule is CO[C@H]1O[C@H](COC(=O)c2ccccc2)C(OC(=O)c2ccccc2)C1OC(=O)c1ccccc1. The van der Waals surface area contributed by atoms with Gasteiger partial charge in [-0.15, -0.1) is 0 Å². The Morgan fingerprint density at radius 1 is 0.657 bits per heavy atom. The molecule has 180 valence electrons. The maximum absolute atomic E-state index is 12.8. The van der Waals surface area contributed by atoms with Crippen LogP contribution in [0.5, 0.6) is 0 Å². The van der Waals surface area contributed by atoms with Crippen molar-refractivity contribution in [1.82, 2.24) is 0 Å². The molecule has 2 unspecified atom stereocenters. The van der Waals surface area contributed by atoms with E-state index in [1.54, 1.807) is 91.0 Å². The molecular weight excluding hydrogens is 452 g/mol. The van der Waals surface area contributed by atoms with Gasteiger partial charge in [-0.1, -0.05) is 54.6 Å². The summed E-state index contributed by atoms with van der Waals surface area (Å²) < 4.78 is 28.0. The molecule has 3 aromatic carbocycles. The maximum Gasteiger partial charge on any atom is 0.338 e. The molecule has 3 aromatic rings. The monoisotopic (exact) mass is 476 g/mol. The Hall–Kier alpha value is -4.01. The van der Waals surface area contributed by atoms with Crippen molar-refractivity contribution < 1.29 is 38.1 Å². The van der Waals surface area contributed by atoms with Crippen molar-refractivity contribution in [2.24, 2.45) is 0 Å². The first-order valence-corrected chi connectivity index (χ1v) is 11.0. The number of carbonyl (C=O) groups is 3. The molecule has 0 aliphatic carbocycles. The van der Waals surface area contributed by atoms with Crippen LogP contribution in [0.4, 0.5) is 0 Å². The zero-order chi connectivity index (χ0) is 24.6. The van der Waals surface area contributed by atoms with Crippen molar-refractivity contribution in [2.75, 3.05) is 13.7 Å². The molecule has 0 amide bonds. The first kappa shape index (κ1) is 24.1. The Balaban J connectivity index is 1.54. The average Bonchev–Trinajstić information content (AvgIpc) is 3.24. The number of hydrogen-bond donors (Lipinski definition) is 0. The minimum atomic E-state index is -1.10. The summed E-state index contributed by atoms with van der Waals surface area (Å²) in [6.45, 7) is -0.250. The molecule has 4 atom stereocenters. The van der Waals surface area contributed by atoms with E-state index in [9.17, 15) is 14.4 Å². The van der Waals surface area contributed by atoms with E-state index >= 15 is 0 Å².